The molecule has 1 aromatic carbocycles. The molecular weight excluding hydrogens is 358 g/mol. The second-order valence-corrected chi connectivity index (χ2v) is 5.53. The Morgan fingerprint density at radius 2 is 1.56 bits per heavy atom. The molecule has 0 bridgehead atoms. The SMILES string of the molecule is CC(=O)Nc1cc(F)c(F)cc1NC(=O)CNC(=O)[C@@H](N)C(C)C.Cl. The van der Waals surface area contributed by atoms with Gasteiger partial charge in [-0.2, -0.15) is 0 Å². The van der Waals surface area contributed by atoms with Gasteiger partial charge in [0.1, 0.15) is 0 Å². The zero-order chi connectivity index (χ0) is 18.4. The van der Waals surface area contributed by atoms with E-state index in [1.807, 2.05) is 0 Å². The van der Waals surface area contributed by atoms with Gasteiger partial charge in [0, 0.05) is 19.1 Å². The van der Waals surface area contributed by atoms with E-state index in [2.05, 4.69) is 16.0 Å². The maximum absolute atomic E-state index is 13.3. The Morgan fingerprint density at radius 3 is 2.00 bits per heavy atom. The van der Waals surface area contributed by atoms with Gasteiger partial charge in [0.25, 0.3) is 0 Å². The Morgan fingerprint density at radius 1 is 1.08 bits per heavy atom. The summed E-state index contributed by atoms with van der Waals surface area (Å²) in [5, 5.41) is 6.91. The minimum Gasteiger partial charge on any atom is -0.346 e. The molecule has 1 atom stereocenters. The largest absolute Gasteiger partial charge is 0.346 e. The van der Waals surface area contributed by atoms with Crippen molar-refractivity contribution in [2.45, 2.75) is 26.8 Å². The van der Waals surface area contributed by atoms with E-state index in [1.54, 1.807) is 13.8 Å². The molecule has 0 radical (unpaired) electrons. The van der Waals surface area contributed by atoms with Crippen LogP contribution < -0.4 is 21.7 Å². The highest BCUT2D eigenvalue weighted by molar-refractivity contribution is 6.00. The smallest absolute Gasteiger partial charge is 0.243 e. The normalized spacial score (nSPS) is 11.3. The van der Waals surface area contributed by atoms with Gasteiger partial charge in [-0.05, 0) is 5.92 Å². The van der Waals surface area contributed by atoms with Crippen molar-refractivity contribution in [3.8, 4) is 0 Å². The molecule has 10 heteroatoms. The molecule has 7 nitrogen and oxygen atoms in total. The van der Waals surface area contributed by atoms with E-state index in [0.717, 1.165) is 12.1 Å². The van der Waals surface area contributed by atoms with Crippen LogP contribution in [-0.4, -0.2) is 30.3 Å². The molecule has 1 aromatic rings. The quantitative estimate of drug-likeness (QED) is 0.599. The molecule has 0 heterocycles. The molecule has 0 saturated carbocycles. The van der Waals surface area contributed by atoms with Gasteiger partial charge in [-0.15, -0.1) is 12.4 Å². The molecule has 0 aliphatic rings. The zero-order valence-electron chi connectivity index (χ0n) is 14.0. The molecule has 0 aliphatic heterocycles. The van der Waals surface area contributed by atoms with E-state index in [9.17, 15) is 23.2 Å². The summed E-state index contributed by atoms with van der Waals surface area (Å²) in [7, 11) is 0. The first-order valence-electron chi connectivity index (χ1n) is 7.21. The second-order valence-electron chi connectivity index (χ2n) is 5.53. The standard InChI is InChI=1S/C15H20F2N4O3.ClH/c1-7(2)14(18)15(24)19-6-13(23)21-12-5-10(17)9(16)4-11(12)20-8(3)22;/h4-5,7,14H,6,18H2,1-3H3,(H,19,24)(H,20,22)(H,21,23);1H/t14-;/m0./s1. The molecule has 5 N–H and O–H groups in total. The predicted molar refractivity (Wildman–Crippen MR) is 92.4 cm³/mol. The lowest BCUT2D eigenvalue weighted by Crippen LogP contribution is -2.46. The van der Waals surface area contributed by atoms with Crippen LogP contribution in [0.25, 0.3) is 0 Å². The van der Waals surface area contributed by atoms with E-state index < -0.39 is 41.9 Å². The van der Waals surface area contributed by atoms with Crippen LogP contribution in [0.15, 0.2) is 12.1 Å². The number of nitrogens with one attached hydrogen (secondary N) is 3. The highest BCUT2D eigenvalue weighted by atomic mass is 35.5. The third-order valence-corrected chi connectivity index (χ3v) is 3.09. The summed E-state index contributed by atoms with van der Waals surface area (Å²) < 4.78 is 26.6. The molecule has 25 heavy (non-hydrogen) atoms. The van der Waals surface area contributed by atoms with Gasteiger partial charge in [0.15, 0.2) is 11.6 Å². The van der Waals surface area contributed by atoms with Gasteiger partial charge >= 0.3 is 0 Å². The Bertz CT molecular complexity index is 656. The van der Waals surface area contributed by atoms with E-state index in [1.165, 1.54) is 6.92 Å². The molecule has 0 spiro atoms. The van der Waals surface area contributed by atoms with Gasteiger partial charge in [-0.1, -0.05) is 13.8 Å². The molecule has 1 rings (SSSR count). The maximum Gasteiger partial charge on any atom is 0.243 e. The number of amides is 3. The third kappa shape index (κ3) is 7.02. The lowest BCUT2D eigenvalue weighted by atomic mass is 10.1. The average molecular weight is 379 g/mol. The van der Waals surface area contributed by atoms with Crippen LogP contribution in [-0.2, 0) is 14.4 Å². The van der Waals surface area contributed by atoms with Gasteiger partial charge in [0.2, 0.25) is 17.7 Å². The average Bonchev–Trinajstić information content (AvgIpc) is 2.48. The number of benzene rings is 1. The van der Waals surface area contributed by atoms with Crippen LogP contribution >= 0.6 is 12.4 Å². The van der Waals surface area contributed by atoms with Crippen molar-refractivity contribution in [1.29, 1.82) is 0 Å². The monoisotopic (exact) mass is 378 g/mol. The highest BCUT2D eigenvalue weighted by Crippen LogP contribution is 2.25. The summed E-state index contributed by atoms with van der Waals surface area (Å²) in [6.07, 6.45) is 0. The third-order valence-electron chi connectivity index (χ3n) is 3.09. The van der Waals surface area contributed by atoms with E-state index >= 15 is 0 Å². The Balaban J connectivity index is 0.00000576. The van der Waals surface area contributed by atoms with Crippen LogP contribution in [0, 0.1) is 17.6 Å². The second kappa shape index (κ2) is 9.90. The fourth-order valence-electron chi connectivity index (χ4n) is 1.73. The van der Waals surface area contributed by atoms with E-state index in [4.69, 9.17) is 5.73 Å². The maximum atomic E-state index is 13.3. The number of hydrogen-bond acceptors (Lipinski definition) is 4. The zero-order valence-corrected chi connectivity index (χ0v) is 14.8. The van der Waals surface area contributed by atoms with Crippen LogP contribution in [0.3, 0.4) is 0 Å². The van der Waals surface area contributed by atoms with Crippen molar-refractivity contribution in [2.24, 2.45) is 11.7 Å². The molecule has 0 saturated heterocycles. The lowest BCUT2D eigenvalue weighted by molar-refractivity contribution is -0.125. The molecule has 0 aliphatic carbocycles. The van der Waals surface area contributed by atoms with Crippen molar-refractivity contribution in [2.75, 3.05) is 17.2 Å². The van der Waals surface area contributed by atoms with Crippen LogP contribution in [0.4, 0.5) is 20.2 Å². The summed E-state index contributed by atoms with van der Waals surface area (Å²) >= 11 is 0. The predicted octanol–water partition coefficient (Wildman–Crippen LogP) is 1.38. The number of anilines is 2. The minimum absolute atomic E-state index is 0. The van der Waals surface area contributed by atoms with Gasteiger partial charge in [0.05, 0.1) is 24.0 Å². The molecule has 3 amide bonds. The topological polar surface area (TPSA) is 113 Å². The number of carbonyl (C=O) groups is 3. The summed E-state index contributed by atoms with van der Waals surface area (Å²) in [4.78, 5) is 34.6. The van der Waals surface area contributed by atoms with Crippen LogP contribution in [0.2, 0.25) is 0 Å². The molecule has 0 aromatic heterocycles. The molecular formula is C15H21ClF2N4O3. The Hall–Kier alpha value is -2.26. The Kier molecular flexibility index (Phi) is 9.00. The Labute approximate surface area is 150 Å². The van der Waals surface area contributed by atoms with Crippen molar-refractivity contribution in [3.05, 3.63) is 23.8 Å². The summed E-state index contributed by atoms with van der Waals surface area (Å²) in [6, 6.07) is 0.718. The molecule has 140 valence electrons. The highest BCUT2D eigenvalue weighted by Gasteiger charge is 2.18. The minimum atomic E-state index is -1.19. The van der Waals surface area contributed by atoms with Crippen molar-refractivity contribution < 1.29 is 23.2 Å². The van der Waals surface area contributed by atoms with Crippen molar-refractivity contribution in [3.63, 3.8) is 0 Å². The fraction of sp³-hybridized carbons (Fsp3) is 0.400. The number of hydrogen-bond donors (Lipinski definition) is 4. The van der Waals surface area contributed by atoms with Gasteiger partial charge in [-0.25, -0.2) is 8.78 Å². The number of rotatable bonds is 6. The first kappa shape index (κ1) is 22.7. The summed E-state index contributed by atoms with van der Waals surface area (Å²) in [6.45, 7) is 4.29. The van der Waals surface area contributed by atoms with Gasteiger partial charge in [-0.3, -0.25) is 14.4 Å². The van der Waals surface area contributed by atoms with Crippen molar-refractivity contribution in [1.82, 2.24) is 5.32 Å². The van der Waals surface area contributed by atoms with Gasteiger partial charge < -0.3 is 21.7 Å². The first-order valence-corrected chi connectivity index (χ1v) is 7.21. The number of nitrogens with two attached hydrogens (primary N) is 1. The molecule has 0 unspecified atom stereocenters. The number of carbonyl (C=O) groups excluding carboxylic acids is 3. The summed E-state index contributed by atoms with van der Waals surface area (Å²) in [5.41, 5.74) is 5.41. The van der Waals surface area contributed by atoms with Crippen molar-refractivity contribution >= 4 is 41.5 Å². The molecule has 0 fully saturated rings. The van der Waals surface area contributed by atoms with Crippen LogP contribution in [0.5, 0.6) is 0 Å². The fourth-order valence-corrected chi connectivity index (χ4v) is 1.73. The lowest BCUT2D eigenvalue weighted by Gasteiger charge is -2.16. The number of halogens is 3. The van der Waals surface area contributed by atoms with E-state index in [0.29, 0.717) is 0 Å². The summed E-state index contributed by atoms with van der Waals surface area (Å²) in [5.74, 6) is -4.18. The van der Waals surface area contributed by atoms with E-state index in [-0.39, 0.29) is 29.7 Å². The first-order chi connectivity index (χ1) is 11.1. The van der Waals surface area contributed by atoms with Crippen LogP contribution in [0.1, 0.15) is 20.8 Å².